The zero-order chi connectivity index (χ0) is 13.8. The average molecular weight is 279 g/mol. The second-order valence-electron chi connectivity index (χ2n) is 3.88. The molecule has 2 aromatic rings. The molecule has 0 saturated heterocycles. The number of hydrogen-bond donors (Lipinski definition) is 1. The number of benzene rings is 2. The van der Waals surface area contributed by atoms with Gasteiger partial charge in [0.25, 0.3) is 0 Å². The van der Waals surface area contributed by atoms with E-state index in [-0.39, 0.29) is 22.8 Å². The van der Waals surface area contributed by atoms with Gasteiger partial charge in [0.2, 0.25) is 0 Å². The first-order valence-corrected chi connectivity index (χ1v) is 5.86. The van der Waals surface area contributed by atoms with E-state index >= 15 is 0 Å². The molecule has 0 amide bonds. The fraction of sp³-hybridized carbons (Fsp3) is 0.0714. The fourth-order valence-electron chi connectivity index (χ4n) is 1.61. The number of hydrogen-bond acceptors (Lipinski definition) is 2. The number of nitrogens with zero attached hydrogens (tertiary/aromatic N) is 1. The van der Waals surface area contributed by atoms with Crippen LogP contribution >= 0.6 is 11.6 Å². The Bertz CT molecular complexity index is 650. The Hall–Kier alpha value is -2.12. The predicted octanol–water partition coefficient (Wildman–Crippen LogP) is 4.10. The van der Waals surface area contributed by atoms with Crippen molar-refractivity contribution in [2.24, 2.45) is 0 Å². The highest BCUT2D eigenvalue weighted by Gasteiger charge is 2.07. The number of anilines is 1. The molecule has 0 aliphatic carbocycles. The summed E-state index contributed by atoms with van der Waals surface area (Å²) in [6.07, 6.45) is 0. The van der Waals surface area contributed by atoms with Crippen LogP contribution in [-0.4, -0.2) is 0 Å². The fourth-order valence-corrected chi connectivity index (χ4v) is 1.78. The van der Waals surface area contributed by atoms with E-state index in [1.54, 1.807) is 18.2 Å². The summed E-state index contributed by atoms with van der Waals surface area (Å²) in [7, 11) is 0. The third-order valence-electron chi connectivity index (χ3n) is 2.59. The molecule has 0 aliphatic heterocycles. The largest absolute Gasteiger partial charge is 0.379 e. The lowest BCUT2D eigenvalue weighted by molar-refractivity contribution is 0.622. The Morgan fingerprint density at radius 2 is 2.00 bits per heavy atom. The molecule has 2 nitrogen and oxygen atoms in total. The highest BCUT2D eigenvalue weighted by atomic mass is 35.5. The van der Waals surface area contributed by atoms with Gasteiger partial charge in [0.05, 0.1) is 16.3 Å². The average Bonchev–Trinajstić information content (AvgIpc) is 2.42. The van der Waals surface area contributed by atoms with Crippen LogP contribution in [0.4, 0.5) is 14.5 Å². The summed E-state index contributed by atoms with van der Waals surface area (Å²) in [5, 5.41) is 11.6. The summed E-state index contributed by atoms with van der Waals surface area (Å²) in [6.45, 7) is 0.270. The van der Waals surface area contributed by atoms with E-state index in [0.29, 0.717) is 5.56 Å². The normalized spacial score (nSPS) is 10.0. The monoisotopic (exact) mass is 278 g/mol. The first-order valence-electron chi connectivity index (χ1n) is 5.48. The van der Waals surface area contributed by atoms with E-state index < -0.39 is 11.6 Å². The van der Waals surface area contributed by atoms with Crippen molar-refractivity contribution in [1.29, 1.82) is 5.26 Å². The smallest absolute Gasteiger partial charge is 0.164 e. The van der Waals surface area contributed by atoms with Crippen LogP contribution in [0.3, 0.4) is 0 Å². The highest BCUT2D eigenvalue weighted by molar-refractivity contribution is 6.31. The van der Waals surface area contributed by atoms with Gasteiger partial charge in [-0.2, -0.15) is 5.26 Å². The van der Waals surface area contributed by atoms with Crippen LogP contribution in [0.5, 0.6) is 0 Å². The van der Waals surface area contributed by atoms with E-state index in [0.717, 1.165) is 0 Å². The van der Waals surface area contributed by atoms with E-state index in [4.69, 9.17) is 16.9 Å². The van der Waals surface area contributed by atoms with Gasteiger partial charge in [0, 0.05) is 6.54 Å². The summed E-state index contributed by atoms with van der Waals surface area (Å²) in [5.41, 5.74) is 0.901. The third-order valence-corrected chi connectivity index (χ3v) is 2.88. The first-order chi connectivity index (χ1) is 9.11. The highest BCUT2D eigenvalue weighted by Crippen LogP contribution is 2.22. The molecule has 0 aliphatic rings. The van der Waals surface area contributed by atoms with Crippen molar-refractivity contribution in [2.45, 2.75) is 6.54 Å². The topological polar surface area (TPSA) is 35.8 Å². The van der Waals surface area contributed by atoms with Crippen LogP contribution in [0, 0.1) is 23.0 Å². The zero-order valence-electron chi connectivity index (χ0n) is 9.75. The molecule has 0 bridgehead atoms. The molecule has 2 rings (SSSR count). The van der Waals surface area contributed by atoms with Gasteiger partial charge in [0.15, 0.2) is 5.82 Å². The van der Waals surface area contributed by atoms with Crippen LogP contribution in [-0.2, 0) is 6.54 Å². The standard InChI is InChI=1S/C14H9ClF2N2/c15-11-2-1-3-13(14(11)17)19-8-9-4-5-12(16)10(6-9)7-18/h1-6,19H,8H2. The molecule has 0 spiro atoms. The number of nitrogens with one attached hydrogen (secondary N) is 1. The second-order valence-corrected chi connectivity index (χ2v) is 4.29. The molecule has 19 heavy (non-hydrogen) atoms. The Kier molecular flexibility index (Phi) is 3.98. The molecule has 96 valence electrons. The lowest BCUT2D eigenvalue weighted by Crippen LogP contribution is -2.02. The first kappa shape index (κ1) is 13.3. The molecule has 0 unspecified atom stereocenters. The minimum absolute atomic E-state index is 0.0295. The van der Waals surface area contributed by atoms with Crippen LogP contribution < -0.4 is 5.32 Å². The molecule has 0 aromatic heterocycles. The van der Waals surface area contributed by atoms with Crippen molar-refractivity contribution >= 4 is 17.3 Å². The summed E-state index contributed by atoms with van der Waals surface area (Å²) in [6, 6.07) is 10.6. The Labute approximate surface area is 114 Å². The maximum Gasteiger partial charge on any atom is 0.164 e. The molecule has 0 saturated carbocycles. The van der Waals surface area contributed by atoms with Crippen molar-refractivity contribution in [1.82, 2.24) is 0 Å². The lowest BCUT2D eigenvalue weighted by atomic mass is 10.1. The molecular weight excluding hydrogens is 270 g/mol. The lowest BCUT2D eigenvalue weighted by Gasteiger charge is -2.08. The van der Waals surface area contributed by atoms with Gasteiger partial charge in [-0.25, -0.2) is 8.78 Å². The van der Waals surface area contributed by atoms with Crippen molar-refractivity contribution < 1.29 is 8.78 Å². The zero-order valence-corrected chi connectivity index (χ0v) is 10.5. The Balaban J connectivity index is 2.15. The van der Waals surface area contributed by atoms with E-state index in [9.17, 15) is 8.78 Å². The molecule has 0 heterocycles. The number of nitriles is 1. The molecule has 0 atom stereocenters. The summed E-state index contributed by atoms with van der Waals surface area (Å²) >= 11 is 5.66. The SMILES string of the molecule is N#Cc1cc(CNc2cccc(Cl)c2F)ccc1F. The second kappa shape index (κ2) is 5.68. The van der Waals surface area contributed by atoms with Crippen LogP contribution in [0.15, 0.2) is 36.4 Å². The van der Waals surface area contributed by atoms with Crippen molar-refractivity contribution in [2.75, 3.05) is 5.32 Å². The van der Waals surface area contributed by atoms with Crippen LogP contribution in [0.2, 0.25) is 5.02 Å². The van der Waals surface area contributed by atoms with Gasteiger partial charge in [0.1, 0.15) is 11.9 Å². The molecule has 5 heteroatoms. The maximum atomic E-state index is 13.6. The molecule has 2 aromatic carbocycles. The van der Waals surface area contributed by atoms with Gasteiger partial charge in [-0.15, -0.1) is 0 Å². The van der Waals surface area contributed by atoms with Crippen molar-refractivity contribution in [3.63, 3.8) is 0 Å². The van der Waals surface area contributed by atoms with Gasteiger partial charge < -0.3 is 5.32 Å². The van der Waals surface area contributed by atoms with E-state index in [1.807, 2.05) is 0 Å². The van der Waals surface area contributed by atoms with Gasteiger partial charge in [-0.1, -0.05) is 23.7 Å². The van der Waals surface area contributed by atoms with Crippen LogP contribution in [0.1, 0.15) is 11.1 Å². The molecule has 1 N–H and O–H groups in total. The van der Waals surface area contributed by atoms with E-state index in [1.165, 1.54) is 24.3 Å². The van der Waals surface area contributed by atoms with Crippen molar-refractivity contribution in [3.8, 4) is 6.07 Å². The van der Waals surface area contributed by atoms with Gasteiger partial charge in [-0.05, 0) is 29.8 Å². The van der Waals surface area contributed by atoms with Gasteiger partial charge >= 0.3 is 0 Å². The summed E-state index contributed by atoms with van der Waals surface area (Å²) in [5.74, 6) is -1.10. The van der Waals surface area contributed by atoms with Crippen LogP contribution in [0.25, 0.3) is 0 Å². The molecular formula is C14H9ClF2N2. The number of rotatable bonds is 3. The summed E-state index contributed by atoms with van der Waals surface area (Å²) < 4.78 is 26.7. The quantitative estimate of drug-likeness (QED) is 0.917. The number of halogens is 3. The molecule has 0 radical (unpaired) electrons. The summed E-state index contributed by atoms with van der Waals surface area (Å²) in [4.78, 5) is 0. The minimum Gasteiger partial charge on any atom is -0.379 e. The predicted molar refractivity (Wildman–Crippen MR) is 69.9 cm³/mol. The Morgan fingerprint density at radius 3 is 2.74 bits per heavy atom. The third kappa shape index (κ3) is 3.01. The Morgan fingerprint density at radius 1 is 1.21 bits per heavy atom. The van der Waals surface area contributed by atoms with Gasteiger partial charge in [-0.3, -0.25) is 0 Å². The van der Waals surface area contributed by atoms with E-state index in [2.05, 4.69) is 5.32 Å². The van der Waals surface area contributed by atoms with Crippen molar-refractivity contribution in [3.05, 3.63) is 64.2 Å². The molecule has 0 fully saturated rings. The maximum absolute atomic E-state index is 13.6. The minimum atomic E-state index is -0.569.